The van der Waals surface area contributed by atoms with Crippen LogP contribution in [0.2, 0.25) is 0 Å². The van der Waals surface area contributed by atoms with Gasteiger partial charge in [-0.25, -0.2) is 0 Å². The molecule has 0 aromatic carbocycles. The summed E-state index contributed by atoms with van der Waals surface area (Å²) in [6, 6.07) is 0. The molecular formula is C12H24ClN3O2. The van der Waals surface area contributed by atoms with E-state index in [9.17, 15) is 9.59 Å². The van der Waals surface area contributed by atoms with Gasteiger partial charge in [0.1, 0.15) is 0 Å². The second kappa shape index (κ2) is 8.32. The van der Waals surface area contributed by atoms with Gasteiger partial charge in [-0.2, -0.15) is 0 Å². The highest BCUT2D eigenvalue weighted by molar-refractivity contribution is 5.85. The Hall–Kier alpha value is -0.810. The highest BCUT2D eigenvalue weighted by Crippen LogP contribution is 2.22. The van der Waals surface area contributed by atoms with E-state index >= 15 is 0 Å². The topological polar surface area (TPSA) is 75.4 Å². The minimum atomic E-state index is -0.281. The minimum Gasteiger partial charge on any atom is -0.346 e. The number of nitrogens with one attached hydrogen (secondary N) is 1. The number of carbonyl (C=O) groups is 2. The molecule has 0 aromatic heterocycles. The van der Waals surface area contributed by atoms with E-state index in [4.69, 9.17) is 5.73 Å². The van der Waals surface area contributed by atoms with Gasteiger partial charge in [0.15, 0.2) is 0 Å². The number of hydrogen-bond donors (Lipinski definition) is 2. The lowest BCUT2D eigenvalue weighted by atomic mass is 9.97. The molecule has 0 aliphatic carbocycles. The lowest BCUT2D eigenvalue weighted by Crippen LogP contribution is -2.41. The van der Waals surface area contributed by atoms with Crippen molar-refractivity contribution in [2.45, 2.75) is 26.7 Å². The van der Waals surface area contributed by atoms with Gasteiger partial charge in [-0.05, 0) is 24.7 Å². The van der Waals surface area contributed by atoms with Crippen LogP contribution in [0, 0.1) is 11.8 Å². The molecule has 1 aliphatic heterocycles. The fraction of sp³-hybridized carbons (Fsp3) is 0.833. The molecule has 1 heterocycles. The molecular weight excluding hydrogens is 254 g/mol. The van der Waals surface area contributed by atoms with Crippen LogP contribution in [0.5, 0.6) is 0 Å². The Morgan fingerprint density at radius 1 is 1.44 bits per heavy atom. The van der Waals surface area contributed by atoms with Crippen molar-refractivity contribution in [1.82, 2.24) is 10.2 Å². The first-order chi connectivity index (χ1) is 8.02. The number of nitrogens with zero attached hydrogens (tertiary/aromatic N) is 1. The second-order valence-electron chi connectivity index (χ2n) is 5.10. The van der Waals surface area contributed by atoms with Crippen molar-refractivity contribution in [1.29, 1.82) is 0 Å². The maximum absolute atomic E-state index is 11.8. The van der Waals surface area contributed by atoms with Crippen LogP contribution in [0.25, 0.3) is 0 Å². The van der Waals surface area contributed by atoms with Crippen LogP contribution in [0.15, 0.2) is 0 Å². The Morgan fingerprint density at radius 3 is 2.67 bits per heavy atom. The van der Waals surface area contributed by atoms with E-state index < -0.39 is 0 Å². The molecule has 1 atom stereocenters. The number of halogens is 1. The van der Waals surface area contributed by atoms with E-state index in [2.05, 4.69) is 19.2 Å². The normalized spacial score (nSPS) is 18.7. The summed E-state index contributed by atoms with van der Waals surface area (Å²) in [4.78, 5) is 24.5. The van der Waals surface area contributed by atoms with Crippen molar-refractivity contribution in [3.8, 4) is 0 Å². The summed E-state index contributed by atoms with van der Waals surface area (Å²) in [7, 11) is 0. The van der Waals surface area contributed by atoms with Crippen LogP contribution < -0.4 is 11.1 Å². The highest BCUT2D eigenvalue weighted by Gasteiger charge is 2.26. The summed E-state index contributed by atoms with van der Waals surface area (Å²) in [5.41, 5.74) is 5.15. The average molecular weight is 278 g/mol. The molecule has 5 nitrogen and oxygen atoms in total. The molecule has 6 heteroatoms. The van der Waals surface area contributed by atoms with Gasteiger partial charge in [0.05, 0.1) is 13.1 Å². The fourth-order valence-corrected chi connectivity index (χ4v) is 2.28. The number of rotatable bonds is 5. The largest absolute Gasteiger partial charge is 0.346 e. The molecule has 0 radical (unpaired) electrons. The second-order valence-corrected chi connectivity index (χ2v) is 5.10. The Labute approximate surface area is 115 Å². The number of likely N-dealkylation sites (tertiary alicyclic amines) is 1. The van der Waals surface area contributed by atoms with Gasteiger partial charge in [-0.15, -0.1) is 12.4 Å². The van der Waals surface area contributed by atoms with Crippen LogP contribution in [0.1, 0.15) is 26.7 Å². The van der Waals surface area contributed by atoms with Crippen molar-refractivity contribution >= 4 is 24.2 Å². The number of amides is 2. The molecule has 106 valence electrons. The first-order valence-electron chi connectivity index (χ1n) is 6.27. The van der Waals surface area contributed by atoms with Gasteiger partial charge >= 0.3 is 0 Å². The molecule has 18 heavy (non-hydrogen) atoms. The molecule has 0 bridgehead atoms. The molecule has 1 unspecified atom stereocenters. The van der Waals surface area contributed by atoms with Crippen molar-refractivity contribution < 1.29 is 9.59 Å². The Morgan fingerprint density at radius 2 is 2.11 bits per heavy atom. The lowest BCUT2D eigenvalue weighted by Gasteiger charge is -2.17. The SMILES string of the molecule is CC(C)CC1CCN(C(=O)CNC(=O)CN)C1.Cl. The molecule has 3 N–H and O–H groups in total. The third-order valence-electron chi connectivity index (χ3n) is 3.07. The molecule has 1 aliphatic rings. The standard InChI is InChI=1S/C12H23N3O2.ClH/c1-9(2)5-10-3-4-15(8-10)12(17)7-14-11(16)6-13;/h9-10H,3-8,13H2,1-2H3,(H,14,16);1H. The minimum absolute atomic E-state index is 0. The number of hydrogen-bond acceptors (Lipinski definition) is 3. The third kappa shape index (κ3) is 5.69. The average Bonchev–Trinajstić information content (AvgIpc) is 2.72. The quantitative estimate of drug-likeness (QED) is 0.763. The van der Waals surface area contributed by atoms with E-state index in [0.717, 1.165) is 19.5 Å². The van der Waals surface area contributed by atoms with Gasteiger partial charge < -0.3 is 16.0 Å². The van der Waals surface area contributed by atoms with Gasteiger partial charge in [-0.1, -0.05) is 13.8 Å². The predicted molar refractivity (Wildman–Crippen MR) is 73.5 cm³/mol. The molecule has 2 amide bonds. The predicted octanol–water partition coefficient (Wildman–Crippen LogP) is 0.378. The molecule has 1 saturated heterocycles. The maximum atomic E-state index is 11.8. The van der Waals surface area contributed by atoms with Crippen LogP contribution in [0.3, 0.4) is 0 Å². The summed E-state index contributed by atoms with van der Waals surface area (Å²) < 4.78 is 0. The van der Waals surface area contributed by atoms with Crippen LogP contribution in [0.4, 0.5) is 0 Å². The Bertz CT molecular complexity index is 284. The summed E-state index contributed by atoms with van der Waals surface area (Å²) in [5.74, 6) is 1.01. The van der Waals surface area contributed by atoms with Crippen LogP contribution in [-0.4, -0.2) is 42.9 Å². The molecule has 0 spiro atoms. The first-order valence-corrected chi connectivity index (χ1v) is 6.27. The maximum Gasteiger partial charge on any atom is 0.241 e. The summed E-state index contributed by atoms with van der Waals surface area (Å²) in [6.07, 6.45) is 2.24. The van der Waals surface area contributed by atoms with E-state index in [0.29, 0.717) is 11.8 Å². The molecule has 0 saturated carbocycles. The lowest BCUT2D eigenvalue weighted by molar-refractivity contribution is -0.131. The van der Waals surface area contributed by atoms with Crippen molar-refractivity contribution in [2.24, 2.45) is 17.6 Å². The third-order valence-corrected chi connectivity index (χ3v) is 3.07. The van der Waals surface area contributed by atoms with Gasteiger partial charge in [0.2, 0.25) is 11.8 Å². The fourth-order valence-electron chi connectivity index (χ4n) is 2.28. The molecule has 1 rings (SSSR count). The smallest absolute Gasteiger partial charge is 0.241 e. The van der Waals surface area contributed by atoms with Gasteiger partial charge in [-0.3, -0.25) is 9.59 Å². The van der Waals surface area contributed by atoms with Crippen molar-refractivity contribution in [3.05, 3.63) is 0 Å². The summed E-state index contributed by atoms with van der Waals surface area (Å²) >= 11 is 0. The molecule has 1 fully saturated rings. The van der Waals surface area contributed by atoms with Crippen molar-refractivity contribution in [2.75, 3.05) is 26.2 Å². The number of nitrogens with two attached hydrogens (primary N) is 1. The van der Waals surface area contributed by atoms with Gasteiger partial charge in [0, 0.05) is 13.1 Å². The van der Waals surface area contributed by atoms with Crippen molar-refractivity contribution in [3.63, 3.8) is 0 Å². The summed E-state index contributed by atoms with van der Waals surface area (Å²) in [5, 5.41) is 2.51. The molecule has 0 aromatic rings. The van der Waals surface area contributed by atoms with E-state index in [-0.39, 0.29) is 37.3 Å². The Balaban J connectivity index is 0.00000289. The zero-order valence-corrected chi connectivity index (χ0v) is 12.0. The number of carbonyl (C=O) groups excluding carboxylic acids is 2. The van der Waals surface area contributed by atoms with Gasteiger partial charge in [0.25, 0.3) is 0 Å². The Kier molecular flexibility index (Phi) is 7.95. The monoisotopic (exact) mass is 277 g/mol. The zero-order chi connectivity index (χ0) is 12.8. The summed E-state index contributed by atoms with van der Waals surface area (Å²) in [6.45, 7) is 6.05. The highest BCUT2D eigenvalue weighted by atomic mass is 35.5. The van der Waals surface area contributed by atoms with Crippen LogP contribution >= 0.6 is 12.4 Å². The van der Waals surface area contributed by atoms with Crippen LogP contribution in [-0.2, 0) is 9.59 Å². The zero-order valence-electron chi connectivity index (χ0n) is 11.1. The van der Waals surface area contributed by atoms with E-state index in [1.165, 1.54) is 6.42 Å². The van der Waals surface area contributed by atoms with E-state index in [1.54, 1.807) is 0 Å². The van der Waals surface area contributed by atoms with E-state index in [1.807, 2.05) is 4.90 Å². The first kappa shape index (κ1) is 17.2.